The van der Waals surface area contributed by atoms with Crippen LogP contribution in [0.1, 0.15) is 35.0 Å². The predicted octanol–water partition coefficient (Wildman–Crippen LogP) is 5.31. The molecule has 0 saturated heterocycles. The Labute approximate surface area is 173 Å². The number of carbonyl (C=O) groups excluding carboxylic acids is 1. The molecule has 0 saturated carbocycles. The fraction of sp³-hybridized carbons (Fsp3) is 0.208. The first kappa shape index (κ1) is 19.9. The summed E-state index contributed by atoms with van der Waals surface area (Å²) in [7, 11) is 0. The zero-order chi connectivity index (χ0) is 21.1. The van der Waals surface area contributed by atoms with Gasteiger partial charge in [-0.05, 0) is 43.0 Å². The van der Waals surface area contributed by atoms with E-state index in [1.54, 1.807) is 16.7 Å². The maximum absolute atomic E-state index is 13.6. The van der Waals surface area contributed by atoms with E-state index in [4.69, 9.17) is 4.42 Å². The largest absolute Gasteiger partial charge is 0.463 e. The van der Waals surface area contributed by atoms with Crippen LogP contribution in [-0.2, 0) is 13.0 Å². The first-order chi connectivity index (χ1) is 14.5. The summed E-state index contributed by atoms with van der Waals surface area (Å²) in [6.07, 6.45) is 3.20. The predicted molar refractivity (Wildman–Crippen MR) is 111 cm³/mol. The van der Waals surface area contributed by atoms with Gasteiger partial charge in [-0.3, -0.25) is 4.79 Å². The molecule has 4 aromatic rings. The Kier molecular flexibility index (Phi) is 5.65. The van der Waals surface area contributed by atoms with Gasteiger partial charge in [0, 0.05) is 24.7 Å². The smallest absolute Gasteiger partial charge is 0.268 e. The quantitative estimate of drug-likeness (QED) is 0.450. The molecule has 1 atom stereocenters. The van der Waals surface area contributed by atoms with Crippen LogP contribution < -0.4 is 5.32 Å². The molecule has 0 spiro atoms. The van der Waals surface area contributed by atoms with E-state index in [1.165, 1.54) is 17.9 Å². The van der Waals surface area contributed by atoms with Crippen LogP contribution >= 0.6 is 0 Å². The monoisotopic (exact) mass is 408 g/mol. The van der Waals surface area contributed by atoms with Crippen LogP contribution in [0, 0.1) is 11.6 Å². The Bertz CT molecular complexity index is 1160. The third-order valence-corrected chi connectivity index (χ3v) is 5.17. The zero-order valence-electron chi connectivity index (χ0n) is 16.6. The van der Waals surface area contributed by atoms with Gasteiger partial charge in [0.15, 0.2) is 17.2 Å². The van der Waals surface area contributed by atoms with Gasteiger partial charge in [0.2, 0.25) is 0 Å². The average molecular weight is 408 g/mol. The number of furan rings is 1. The number of nitrogens with one attached hydrogen (secondary N) is 1. The summed E-state index contributed by atoms with van der Waals surface area (Å²) in [6.45, 7) is 2.19. The maximum atomic E-state index is 13.6. The number of hydrogen-bond acceptors (Lipinski definition) is 2. The molecule has 0 fully saturated rings. The zero-order valence-corrected chi connectivity index (χ0v) is 16.6. The number of benzene rings is 2. The molecule has 0 aliphatic carbocycles. The minimum absolute atomic E-state index is 0.0318. The molecule has 0 bridgehead atoms. The number of halogens is 2. The Balaban J connectivity index is 1.51. The number of fused-ring (bicyclic) bond motifs is 1. The molecular weight excluding hydrogens is 386 g/mol. The fourth-order valence-corrected chi connectivity index (χ4v) is 3.55. The maximum Gasteiger partial charge on any atom is 0.268 e. The van der Waals surface area contributed by atoms with Crippen molar-refractivity contribution in [2.24, 2.45) is 0 Å². The molecular formula is C24H22F2N2O2. The third-order valence-electron chi connectivity index (χ3n) is 5.17. The molecule has 4 rings (SSSR count). The van der Waals surface area contributed by atoms with Gasteiger partial charge in [-0.15, -0.1) is 0 Å². The molecule has 1 N–H and O–H groups in total. The number of rotatable bonds is 7. The molecule has 6 heteroatoms. The van der Waals surface area contributed by atoms with E-state index in [9.17, 15) is 13.6 Å². The summed E-state index contributed by atoms with van der Waals surface area (Å²) in [5.74, 6) is -2.04. The Morgan fingerprint density at radius 2 is 1.83 bits per heavy atom. The normalized spacial score (nSPS) is 12.2. The number of aromatic nitrogens is 1. The van der Waals surface area contributed by atoms with Gasteiger partial charge in [0.1, 0.15) is 5.69 Å². The Morgan fingerprint density at radius 3 is 2.60 bits per heavy atom. The number of aryl methyl sites for hydroxylation is 1. The van der Waals surface area contributed by atoms with Crippen molar-refractivity contribution in [3.05, 3.63) is 95.4 Å². The number of hydrogen-bond donors (Lipinski definition) is 1. The minimum atomic E-state index is -0.913. The van der Waals surface area contributed by atoms with Crippen LogP contribution in [0.2, 0.25) is 0 Å². The average Bonchev–Trinajstić information content (AvgIpc) is 3.33. The van der Waals surface area contributed by atoms with E-state index in [1.807, 2.05) is 25.1 Å². The van der Waals surface area contributed by atoms with Crippen molar-refractivity contribution in [2.45, 2.75) is 32.4 Å². The highest BCUT2D eigenvalue weighted by Crippen LogP contribution is 2.23. The molecule has 2 aromatic carbocycles. The highest BCUT2D eigenvalue weighted by Gasteiger charge is 2.19. The SMILES string of the molecule is CC(CCc1ccccc1)NC(=O)c1cc2occc2n1Cc1ccc(F)c(F)c1. The van der Waals surface area contributed by atoms with Gasteiger partial charge in [-0.25, -0.2) is 8.78 Å². The van der Waals surface area contributed by atoms with Crippen molar-refractivity contribution in [2.75, 3.05) is 0 Å². The lowest BCUT2D eigenvalue weighted by molar-refractivity contribution is 0.0930. The molecule has 2 heterocycles. The lowest BCUT2D eigenvalue weighted by atomic mass is 10.1. The van der Waals surface area contributed by atoms with E-state index in [0.29, 0.717) is 16.8 Å². The van der Waals surface area contributed by atoms with Crippen molar-refractivity contribution < 1.29 is 18.0 Å². The summed E-state index contributed by atoms with van der Waals surface area (Å²) in [4.78, 5) is 13.0. The highest BCUT2D eigenvalue weighted by molar-refractivity contribution is 5.97. The summed E-state index contributed by atoms with van der Waals surface area (Å²) in [5.41, 5.74) is 3.48. The fourth-order valence-electron chi connectivity index (χ4n) is 3.55. The van der Waals surface area contributed by atoms with Gasteiger partial charge < -0.3 is 14.3 Å². The number of nitrogens with zero attached hydrogens (tertiary/aromatic N) is 1. The second kappa shape index (κ2) is 8.53. The van der Waals surface area contributed by atoms with Crippen molar-refractivity contribution in [1.82, 2.24) is 9.88 Å². The molecule has 4 nitrogen and oxygen atoms in total. The summed E-state index contributed by atoms with van der Waals surface area (Å²) in [6, 6.07) is 17.2. The Morgan fingerprint density at radius 1 is 1.03 bits per heavy atom. The standard InChI is InChI=1S/C24H22F2N2O2/c1-16(7-8-17-5-3-2-4-6-17)27-24(29)22-14-23-21(11-12-30-23)28(22)15-18-9-10-19(25)20(26)13-18/h2-6,9-14,16H,7-8,15H2,1H3,(H,27,29). The van der Waals surface area contributed by atoms with Crippen LogP contribution in [0.15, 0.2) is 71.3 Å². The van der Waals surface area contributed by atoms with Crippen molar-refractivity contribution in [3.8, 4) is 0 Å². The van der Waals surface area contributed by atoms with E-state index in [-0.39, 0.29) is 18.5 Å². The highest BCUT2D eigenvalue weighted by atomic mass is 19.2. The first-order valence-corrected chi connectivity index (χ1v) is 9.86. The molecule has 1 amide bonds. The molecule has 1 unspecified atom stereocenters. The van der Waals surface area contributed by atoms with Gasteiger partial charge >= 0.3 is 0 Å². The topological polar surface area (TPSA) is 47.2 Å². The van der Waals surface area contributed by atoms with Crippen LogP contribution in [0.25, 0.3) is 11.1 Å². The second-order valence-electron chi connectivity index (χ2n) is 7.43. The van der Waals surface area contributed by atoms with Crippen molar-refractivity contribution in [1.29, 1.82) is 0 Å². The van der Waals surface area contributed by atoms with E-state index >= 15 is 0 Å². The number of amides is 1. The summed E-state index contributed by atoms with van der Waals surface area (Å²) >= 11 is 0. The van der Waals surface area contributed by atoms with Gasteiger partial charge in [0.25, 0.3) is 5.91 Å². The van der Waals surface area contributed by atoms with E-state index < -0.39 is 11.6 Å². The second-order valence-corrected chi connectivity index (χ2v) is 7.43. The van der Waals surface area contributed by atoms with Crippen LogP contribution in [0.3, 0.4) is 0 Å². The first-order valence-electron chi connectivity index (χ1n) is 9.86. The molecule has 154 valence electrons. The van der Waals surface area contributed by atoms with Crippen molar-refractivity contribution >= 4 is 17.0 Å². The molecule has 2 aromatic heterocycles. The van der Waals surface area contributed by atoms with Gasteiger partial charge in [-0.2, -0.15) is 0 Å². The minimum Gasteiger partial charge on any atom is -0.463 e. The van der Waals surface area contributed by atoms with Crippen LogP contribution in [0.5, 0.6) is 0 Å². The lowest BCUT2D eigenvalue weighted by Crippen LogP contribution is -2.34. The molecule has 0 aliphatic rings. The van der Waals surface area contributed by atoms with Gasteiger partial charge in [-0.1, -0.05) is 36.4 Å². The summed E-state index contributed by atoms with van der Waals surface area (Å²) in [5, 5.41) is 3.03. The summed E-state index contributed by atoms with van der Waals surface area (Å²) < 4.78 is 34.1. The van der Waals surface area contributed by atoms with Gasteiger partial charge in [0.05, 0.1) is 11.8 Å². The van der Waals surface area contributed by atoms with Crippen LogP contribution in [-0.4, -0.2) is 16.5 Å². The third kappa shape index (κ3) is 4.27. The number of carbonyl (C=O) groups is 1. The molecule has 30 heavy (non-hydrogen) atoms. The lowest BCUT2D eigenvalue weighted by Gasteiger charge is -2.16. The van der Waals surface area contributed by atoms with E-state index in [2.05, 4.69) is 17.4 Å². The van der Waals surface area contributed by atoms with Crippen molar-refractivity contribution in [3.63, 3.8) is 0 Å². The molecule has 0 radical (unpaired) electrons. The Hall–Kier alpha value is -3.41. The van der Waals surface area contributed by atoms with E-state index in [0.717, 1.165) is 30.5 Å². The van der Waals surface area contributed by atoms with Crippen LogP contribution in [0.4, 0.5) is 8.78 Å². The molecule has 0 aliphatic heterocycles.